The lowest BCUT2D eigenvalue weighted by Gasteiger charge is -2.05. The molecule has 0 aromatic heterocycles. The van der Waals surface area contributed by atoms with E-state index >= 15 is 0 Å². The monoisotopic (exact) mass is 224 g/mol. The highest BCUT2D eigenvalue weighted by atomic mass is 16.5. The first-order valence-corrected chi connectivity index (χ1v) is 5.74. The first kappa shape index (κ1) is 11.2. The highest BCUT2D eigenvalue weighted by Gasteiger charge is 2.60. The molecule has 88 valence electrons. The fourth-order valence-electron chi connectivity index (χ4n) is 2.48. The van der Waals surface area contributed by atoms with Gasteiger partial charge in [0.1, 0.15) is 0 Å². The van der Waals surface area contributed by atoms with E-state index in [1.165, 1.54) is 0 Å². The molecule has 0 bridgehead atoms. The molecule has 1 fully saturated rings. The number of allylic oxidation sites excluding steroid dienone is 1. The quantitative estimate of drug-likeness (QED) is 0.675. The molecule has 0 radical (unpaired) electrons. The van der Waals surface area contributed by atoms with Gasteiger partial charge in [0.15, 0.2) is 0 Å². The summed E-state index contributed by atoms with van der Waals surface area (Å²) in [6.07, 6.45) is 2.69. The molecule has 0 heterocycles. The fraction of sp³-hybridized carbons (Fsp3) is 0.667. The topological polar surface area (TPSA) is 52.6 Å². The Hall–Kier alpha value is -1.32. The summed E-state index contributed by atoms with van der Waals surface area (Å²) < 4.78 is 9.92. The van der Waals surface area contributed by atoms with Crippen molar-refractivity contribution in [1.29, 1.82) is 0 Å². The van der Waals surface area contributed by atoms with Crippen molar-refractivity contribution < 1.29 is 19.1 Å². The molecule has 2 aliphatic carbocycles. The van der Waals surface area contributed by atoms with Gasteiger partial charge in [-0.1, -0.05) is 6.08 Å². The normalized spacial score (nSPS) is 30.4. The van der Waals surface area contributed by atoms with Gasteiger partial charge in [0, 0.05) is 11.5 Å². The molecule has 0 aromatic rings. The molecule has 0 spiro atoms. The molecule has 0 saturated heterocycles. The third kappa shape index (κ3) is 1.72. The molecular weight excluding hydrogens is 208 g/mol. The van der Waals surface area contributed by atoms with Gasteiger partial charge in [-0.25, -0.2) is 4.79 Å². The van der Waals surface area contributed by atoms with E-state index in [2.05, 4.69) is 0 Å². The minimum atomic E-state index is -0.276. The highest BCUT2D eigenvalue weighted by molar-refractivity contribution is 5.93. The number of hydrogen-bond donors (Lipinski definition) is 0. The molecule has 0 amide bonds. The SMILES string of the molecule is CCOC(=O)C1=CC[C@H]2[C@H](C(=O)OCC)[C@@H]12. The smallest absolute Gasteiger partial charge is 0.333 e. The standard InChI is InChI=1S/C12H16O4/c1-3-15-11(13)8-6-5-7-9(8)10(7)12(14)16-4-2/h6-7,9-10H,3-5H2,1-2H3/t7-,9-,10+/m1/s1. The molecule has 0 N–H and O–H groups in total. The van der Waals surface area contributed by atoms with Gasteiger partial charge in [0.25, 0.3) is 0 Å². The summed E-state index contributed by atoms with van der Waals surface area (Å²) in [5, 5.41) is 0. The Balaban J connectivity index is 1.96. The Morgan fingerprint density at radius 2 is 2.00 bits per heavy atom. The van der Waals surface area contributed by atoms with Crippen LogP contribution in [0.4, 0.5) is 0 Å². The van der Waals surface area contributed by atoms with E-state index in [4.69, 9.17) is 9.47 Å². The van der Waals surface area contributed by atoms with Gasteiger partial charge < -0.3 is 9.47 Å². The van der Waals surface area contributed by atoms with E-state index in [0.29, 0.717) is 18.8 Å². The summed E-state index contributed by atoms with van der Waals surface area (Å²) in [4.78, 5) is 23.1. The van der Waals surface area contributed by atoms with Gasteiger partial charge in [0.2, 0.25) is 0 Å². The van der Waals surface area contributed by atoms with Crippen molar-refractivity contribution in [2.75, 3.05) is 13.2 Å². The Morgan fingerprint density at radius 3 is 2.62 bits per heavy atom. The molecular formula is C12H16O4. The predicted molar refractivity (Wildman–Crippen MR) is 56.4 cm³/mol. The number of carbonyl (C=O) groups is 2. The lowest BCUT2D eigenvalue weighted by Crippen LogP contribution is -2.14. The Morgan fingerprint density at radius 1 is 1.31 bits per heavy atom. The molecule has 4 heteroatoms. The minimum Gasteiger partial charge on any atom is -0.466 e. The number of carbonyl (C=O) groups excluding carboxylic acids is 2. The zero-order valence-electron chi connectivity index (χ0n) is 9.56. The van der Waals surface area contributed by atoms with Crippen LogP contribution in [0, 0.1) is 17.8 Å². The number of hydrogen-bond acceptors (Lipinski definition) is 4. The maximum atomic E-state index is 11.6. The van der Waals surface area contributed by atoms with Crippen LogP contribution in [0.3, 0.4) is 0 Å². The Labute approximate surface area is 94.6 Å². The van der Waals surface area contributed by atoms with Crippen molar-refractivity contribution in [3.05, 3.63) is 11.6 Å². The molecule has 3 atom stereocenters. The second-order valence-corrected chi connectivity index (χ2v) is 4.08. The van der Waals surface area contributed by atoms with Crippen molar-refractivity contribution in [2.24, 2.45) is 17.8 Å². The second kappa shape index (κ2) is 4.28. The first-order valence-electron chi connectivity index (χ1n) is 5.74. The lowest BCUT2D eigenvalue weighted by molar-refractivity contribution is -0.145. The van der Waals surface area contributed by atoms with Gasteiger partial charge >= 0.3 is 11.9 Å². The summed E-state index contributed by atoms with van der Waals surface area (Å²) in [5.74, 6) is -0.227. The van der Waals surface area contributed by atoms with Crippen molar-refractivity contribution in [3.63, 3.8) is 0 Å². The zero-order chi connectivity index (χ0) is 11.7. The van der Waals surface area contributed by atoms with Crippen LogP contribution in [0.1, 0.15) is 20.3 Å². The summed E-state index contributed by atoms with van der Waals surface area (Å²) in [6, 6.07) is 0. The van der Waals surface area contributed by atoms with Gasteiger partial charge in [-0.2, -0.15) is 0 Å². The molecule has 0 aliphatic heterocycles. The summed E-state index contributed by atoms with van der Waals surface area (Å²) in [5.41, 5.74) is 0.671. The fourth-order valence-corrected chi connectivity index (χ4v) is 2.48. The van der Waals surface area contributed by atoms with Gasteiger partial charge in [-0.15, -0.1) is 0 Å². The second-order valence-electron chi connectivity index (χ2n) is 4.08. The zero-order valence-corrected chi connectivity index (χ0v) is 9.56. The van der Waals surface area contributed by atoms with E-state index in [-0.39, 0.29) is 29.7 Å². The van der Waals surface area contributed by atoms with Crippen LogP contribution in [0.25, 0.3) is 0 Å². The third-order valence-corrected chi connectivity index (χ3v) is 3.21. The molecule has 16 heavy (non-hydrogen) atoms. The van der Waals surface area contributed by atoms with Crippen molar-refractivity contribution >= 4 is 11.9 Å². The van der Waals surface area contributed by atoms with Crippen molar-refractivity contribution in [1.82, 2.24) is 0 Å². The van der Waals surface area contributed by atoms with E-state index in [9.17, 15) is 9.59 Å². The summed E-state index contributed by atoms with van der Waals surface area (Å²) in [7, 11) is 0. The highest BCUT2D eigenvalue weighted by Crippen LogP contribution is 2.58. The maximum absolute atomic E-state index is 11.6. The van der Waals surface area contributed by atoms with Crippen LogP contribution >= 0.6 is 0 Å². The number of rotatable bonds is 4. The van der Waals surface area contributed by atoms with Crippen LogP contribution in [0.2, 0.25) is 0 Å². The number of esters is 2. The Bertz CT molecular complexity index is 345. The molecule has 2 aliphatic rings. The van der Waals surface area contributed by atoms with Crippen molar-refractivity contribution in [2.45, 2.75) is 20.3 Å². The summed E-state index contributed by atoms with van der Waals surface area (Å²) >= 11 is 0. The van der Waals surface area contributed by atoms with Crippen LogP contribution in [-0.4, -0.2) is 25.2 Å². The van der Waals surface area contributed by atoms with Gasteiger partial charge in [-0.3, -0.25) is 4.79 Å². The average molecular weight is 224 g/mol. The molecule has 1 saturated carbocycles. The Kier molecular flexibility index (Phi) is 2.99. The van der Waals surface area contributed by atoms with Crippen LogP contribution in [0.5, 0.6) is 0 Å². The van der Waals surface area contributed by atoms with Crippen molar-refractivity contribution in [3.8, 4) is 0 Å². The summed E-state index contributed by atoms with van der Waals surface area (Å²) in [6.45, 7) is 4.34. The van der Waals surface area contributed by atoms with E-state index < -0.39 is 0 Å². The van der Waals surface area contributed by atoms with Gasteiger partial charge in [0.05, 0.1) is 19.1 Å². The largest absolute Gasteiger partial charge is 0.466 e. The maximum Gasteiger partial charge on any atom is 0.333 e. The average Bonchev–Trinajstić information content (AvgIpc) is 2.80. The van der Waals surface area contributed by atoms with Crippen LogP contribution in [-0.2, 0) is 19.1 Å². The van der Waals surface area contributed by atoms with E-state index in [1.54, 1.807) is 13.8 Å². The number of ether oxygens (including phenoxy) is 2. The van der Waals surface area contributed by atoms with E-state index in [1.807, 2.05) is 6.08 Å². The third-order valence-electron chi connectivity index (χ3n) is 3.21. The first-order chi connectivity index (χ1) is 7.70. The molecule has 2 rings (SSSR count). The molecule has 0 unspecified atom stereocenters. The van der Waals surface area contributed by atoms with Gasteiger partial charge in [-0.05, 0) is 26.2 Å². The van der Waals surface area contributed by atoms with Crippen LogP contribution in [0.15, 0.2) is 11.6 Å². The molecule has 4 nitrogen and oxygen atoms in total. The molecule has 0 aromatic carbocycles. The minimum absolute atomic E-state index is 0.0538. The predicted octanol–water partition coefficient (Wildman–Crippen LogP) is 1.30. The lowest BCUT2D eigenvalue weighted by atomic mass is 10.1. The van der Waals surface area contributed by atoms with Crippen LogP contribution < -0.4 is 0 Å². The number of fused-ring (bicyclic) bond motifs is 1. The van der Waals surface area contributed by atoms with E-state index in [0.717, 1.165) is 6.42 Å².